The third kappa shape index (κ3) is 4.38. The molecule has 0 bridgehead atoms. The van der Waals surface area contributed by atoms with E-state index in [0.29, 0.717) is 6.42 Å². The average Bonchev–Trinajstić information content (AvgIpc) is 3.02. The predicted molar refractivity (Wildman–Crippen MR) is 98.0 cm³/mol. The summed E-state index contributed by atoms with van der Waals surface area (Å²) in [6.07, 6.45) is 6.85. The number of carbonyl (C=O) groups excluding carboxylic acids is 1. The molecule has 0 radical (unpaired) electrons. The Bertz CT molecular complexity index is 767. The molecule has 4 nitrogen and oxygen atoms in total. The zero-order valence-corrected chi connectivity index (χ0v) is 14.6. The predicted octanol–water partition coefficient (Wildman–Crippen LogP) is 4.28. The summed E-state index contributed by atoms with van der Waals surface area (Å²) in [7, 11) is 0. The molecule has 0 aliphatic rings. The van der Waals surface area contributed by atoms with Gasteiger partial charge in [-0.3, -0.25) is 9.78 Å². The molecular formula is C19H21N3OS. The number of carbonyl (C=O) groups is 1. The maximum atomic E-state index is 12.0. The molecule has 1 amide bonds. The van der Waals surface area contributed by atoms with Crippen LogP contribution in [0.15, 0.2) is 48.8 Å². The molecule has 1 N–H and O–H groups in total. The number of fused-ring (bicyclic) bond motifs is 1. The second-order valence-electron chi connectivity index (χ2n) is 5.85. The van der Waals surface area contributed by atoms with E-state index in [0.717, 1.165) is 35.4 Å². The van der Waals surface area contributed by atoms with Gasteiger partial charge in [0.1, 0.15) is 0 Å². The average molecular weight is 339 g/mol. The zero-order chi connectivity index (χ0) is 16.8. The second-order valence-corrected chi connectivity index (χ2v) is 6.97. The maximum absolute atomic E-state index is 12.0. The second kappa shape index (κ2) is 8.02. The first-order valence-electron chi connectivity index (χ1n) is 8.26. The van der Waals surface area contributed by atoms with E-state index in [1.165, 1.54) is 4.70 Å². The normalized spacial score (nSPS) is 12.2. The molecule has 0 fully saturated rings. The summed E-state index contributed by atoms with van der Waals surface area (Å²) in [5.41, 5.74) is 2.15. The highest BCUT2D eigenvalue weighted by atomic mass is 32.1. The van der Waals surface area contributed by atoms with Gasteiger partial charge in [0.2, 0.25) is 5.91 Å². The van der Waals surface area contributed by atoms with E-state index in [1.807, 2.05) is 37.3 Å². The number of para-hydroxylation sites is 1. The van der Waals surface area contributed by atoms with E-state index < -0.39 is 0 Å². The van der Waals surface area contributed by atoms with Crippen LogP contribution >= 0.6 is 11.3 Å². The lowest BCUT2D eigenvalue weighted by molar-refractivity contribution is -0.121. The lowest BCUT2D eigenvalue weighted by atomic mass is 10.1. The van der Waals surface area contributed by atoms with Crippen LogP contribution in [-0.2, 0) is 11.2 Å². The highest BCUT2D eigenvalue weighted by molar-refractivity contribution is 7.18. The lowest BCUT2D eigenvalue weighted by Crippen LogP contribution is -2.26. The van der Waals surface area contributed by atoms with Gasteiger partial charge in [-0.2, -0.15) is 0 Å². The number of nitrogens with one attached hydrogen (secondary N) is 1. The van der Waals surface area contributed by atoms with Crippen molar-refractivity contribution in [1.82, 2.24) is 15.3 Å². The molecule has 1 atom stereocenters. The Hall–Kier alpha value is -2.27. The maximum Gasteiger partial charge on any atom is 0.220 e. The van der Waals surface area contributed by atoms with Crippen molar-refractivity contribution in [3.05, 3.63) is 59.4 Å². The van der Waals surface area contributed by atoms with Crippen molar-refractivity contribution in [2.24, 2.45) is 0 Å². The number of unbranched alkanes of at least 4 members (excludes halogenated alkanes) is 1. The molecule has 124 valence electrons. The Balaban J connectivity index is 1.40. The SMILES string of the molecule is CC(NC(=O)CCCCc1nc2ccccc2s1)c1ccncc1. The van der Waals surface area contributed by atoms with Crippen molar-refractivity contribution in [2.45, 2.75) is 38.6 Å². The number of aromatic nitrogens is 2. The number of benzene rings is 1. The summed E-state index contributed by atoms with van der Waals surface area (Å²) in [5.74, 6) is 0.101. The molecular weight excluding hydrogens is 318 g/mol. The van der Waals surface area contributed by atoms with Crippen LogP contribution in [0, 0.1) is 0 Å². The fourth-order valence-electron chi connectivity index (χ4n) is 2.64. The Morgan fingerprint density at radius 1 is 1.17 bits per heavy atom. The first-order chi connectivity index (χ1) is 11.7. The summed E-state index contributed by atoms with van der Waals surface area (Å²) >= 11 is 1.75. The van der Waals surface area contributed by atoms with Crippen molar-refractivity contribution in [2.75, 3.05) is 0 Å². The van der Waals surface area contributed by atoms with Crippen LogP contribution in [0.5, 0.6) is 0 Å². The standard InChI is InChI=1S/C19H21N3OS/c1-14(15-10-12-20-13-11-15)21-18(23)8-4-5-9-19-22-16-6-2-3-7-17(16)24-19/h2-3,6-7,10-14H,4-5,8-9H2,1H3,(H,21,23). The Morgan fingerprint density at radius 3 is 2.75 bits per heavy atom. The van der Waals surface area contributed by atoms with Gasteiger partial charge in [-0.15, -0.1) is 11.3 Å². The van der Waals surface area contributed by atoms with Crippen molar-refractivity contribution in [3.63, 3.8) is 0 Å². The number of thiazole rings is 1. The molecule has 1 unspecified atom stereocenters. The zero-order valence-electron chi connectivity index (χ0n) is 13.7. The van der Waals surface area contributed by atoms with Crippen LogP contribution in [0.3, 0.4) is 0 Å². The van der Waals surface area contributed by atoms with Crippen LogP contribution in [-0.4, -0.2) is 15.9 Å². The minimum atomic E-state index is 0.0183. The van der Waals surface area contributed by atoms with Crippen molar-refractivity contribution in [3.8, 4) is 0 Å². The summed E-state index contributed by atoms with van der Waals surface area (Å²) in [4.78, 5) is 20.7. The van der Waals surface area contributed by atoms with Gasteiger partial charge >= 0.3 is 0 Å². The topological polar surface area (TPSA) is 54.9 Å². The number of amides is 1. The van der Waals surface area contributed by atoms with Gasteiger partial charge in [-0.05, 0) is 56.0 Å². The summed E-state index contributed by atoms with van der Waals surface area (Å²) in [6.45, 7) is 1.99. The van der Waals surface area contributed by atoms with Crippen LogP contribution in [0.1, 0.15) is 42.8 Å². The number of hydrogen-bond donors (Lipinski definition) is 1. The summed E-state index contributed by atoms with van der Waals surface area (Å²) in [5, 5.41) is 4.19. The number of pyridine rings is 1. The Labute approximate surface area is 146 Å². The van der Waals surface area contributed by atoms with Crippen LogP contribution in [0.4, 0.5) is 0 Å². The number of rotatable bonds is 7. The van der Waals surface area contributed by atoms with E-state index in [4.69, 9.17) is 0 Å². The monoisotopic (exact) mass is 339 g/mol. The highest BCUT2D eigenvalue weighted by Crippen LogP contribution is 2.22. The van der Waals surface area contributed by atoms with Gasteiger partial charge in [0.25, 0.3) is 0 Å². The molecule has 0 saturated carbocycles. The van der Waals surface area contributed by atoms with Crippen LogP contribution in [0.25, 0.3) is 10.2 Å². The minimum Gasteiger partial charge on any atom is -0.350 e. The van der Waals surface area contributed by atoms with Gasteiger partial charge in [-0.1, -0.05) is 12.1 Å². The summed E-state index contributed by atoms with van der Waals surface area (Å²) in [6, 6.07) is 12.1. The van der Waals surface area contributed by atoms with Gasteiger partial charge in [0.15, 0.2) is 0 Å². The molecule has 2 aromatic heterocycles. The molecule has 1 aromatic carbocycles. The molecule has 2 heterocycles. The fraction of sp³-hybridized carbons (Fsp3) is 0.316. The van der Waals surface area contributed by atoms with E-state index in [9.17, 15) is 4.79 Å². The number of nitrogens with zero attached hydrogens (tertiary/aromatic N) is 2. The minimum absolute atomic E-state index is 0.0183. The third-order valence-corrected chi connectivity index (χ3v) is 5.06. The smallest absolute Gasteiger partial charge is 0.220 e. The third-order valence-electron chi connectivity index (χ3n) is 3.97. The van der Waals surface area contributed by atoms with E-state index in [-0.39, 0.29) is 11.9 Å². The van der Waals surface area contributed by atoms with E-state index in [2.05, 4.69) is 21.4 Å². The van der Waals surface area contributed by atoms with Gasteiger partial charge in [0, 0.05) is 18.8 Å². The summed E-state index contributed by atoms with van der Waals surface area (Å²) < 4.78 is 1.23. The Kier molecular flexibility index (Phi) is 5.54. The Morgan fingerprint density at radius 2 is 1.96 bits per heavy atom. The van der Waals surface area contributed by atoms with Crippen molar-refractivity contribution >= 4 is 27.5 Å². The van der Waals surface area contributed by atoms with E-state index >= 15 is 0 Å². The quantitative estimate of drug-likeness (QED) is 0.654. The molecule has 0 saturated heterocycles. The number of hydrogen-bond acceptors (Lipinski definition) is 4. The first kappa shape index (κ1) is 16.6. The highest BCUT2D eigenvalue weighted by Gasteiger charge is 2.09. The molecule has 3 rings (SSSR count). The largest absolute Gasteiger partial charge is 0.350 e. The van der Waals surface area contributed by atoms with Crippen LogP contribution < -0.4 is 5.32 Å². The molecule has 5 heteroatoms. The molecule has 0 aliphatic carbocycles. The van der Waals surface area contributed by atoms with Crippen molar-refractivity contribution < 1.29 is 4.79 Å². The van der Waals surface area contributed by atoms with Gasteiger partial charge in [0.05, 0.1) is 21.3 Å². The first-order valence-corrected chi connectivity index (χ1v) is 9.08. The van der Waals surface area contributed by atoms with Gasteiger partial charge < -0.3 is 5.32 Å². The van der Waals surface area contributed by atoms with Crippen molar-refractivity contribution in [1.29, 1.82) is 0 Å². The lowest BCUT2D eigenvalue weighted by Gasteiger charge is -2.13. The van der Waals surface area contributed by atoms with Gasteiger partial charge in [-0.25, -0.2) is 4.98 Å². The molecule has 0 aliphatic heterocycles. The van der Waals surface area contributed by atoms with Crippen LogP contribution in [0.2, 0.25) is 0 Å². The molecule has 3 aromatic rings. The molecule has 0 spiro atoms. The fourth-order valence-corrected chi connectivity index (χ4v) is 3.65. The van der Waals surface area contributed by atoms with E-state index in [1.54, 1.807) is 23.7 Å². The number of aryl methyl sites for hydroxylation is 1. The molecule has 24 heavy (non-hydrogen) atoms.